The van der Waals surface area contributed by atoms with E-state index in [2.05, 4.69) is 46.1 Å². The van der Waals surface area contributed by atoms with Gasteiger partial charge < -0.3 is 10.1 Å². The van der Waals surface area contributed by atoms with Crippen LogP contribution in [0.4, 0.5) is 0 Å². The summed E-state index contributed by atoms with van der Waals surface area (Å²) in [6, 6.07) is 25.8. The number of benzene rings is 3. The fourth-order valence-corrected chi connectivity index (χ4v) is 2.99. The highest BCUT2D eigenvalue weighted by molar-refractivity contribution is 14.1. The van der Waals surface area contributed by atoms with Crippen molar-refractivity contribution in [3.8, 4) is 5.75 Å². The molecule has 0 unspecified atom stereocenters. The molecule has 4 heteroatoms. The van der Waals surface area contributed by atoms with Gasteiger partial charge in [-0.15, -0.1) is 0 Å². The molecule has 3 aromatic rings. The molecule has 26 heavy (non-hydrogen) atoms. The van der Waals surface area contributed by atoms with Crippen LogP contribution < -0.4 is 10.1 Å². The average molecular weight is 457 g/mol. The van der Waals surface area contributed by atoms with Crippen molar-refractivity contribution in [3.63, 3.8) is 0 Å². The molecule has 0 saturated carbocycles. The average Bonchev–Trinajstić information content (AvgIpc) is 2.67. The van der Waals surface area contributed by atoms with Crippen molar-refractivity contribution in [3.05, 3.63) is 99.1 Å². The molecule has 0 aliphatic carbocycles. The lowest BCUT2D eigenvalue weighted by Gasteiger charge is -2.12. The number of carbonyl (C=O) groups excluding carboxylic acids is 1. The highest BCUT2D eigenvalue weighted by Crippen LogP contribution is 2.21. The topological polar surface area (TPSA) is 38.3 Å². The van der Waals surface area contributed by atoms with Crippen LogP contribution in [-0.4, -0.2) is 19.1 Å². The molecule has 0 aliphatic rings. The number of amides is 1. The Morgan fingerprint density at radius 2 is 1.58 bits per heavy atom. The molecule has 3 rings (SSSR count). The van der Waals surface area contributed by atoms with E-state index in [1.807, 2.05) is 60.7 Å². The van der Waals surface area contributed by atoms with Crippen LogP contribution in [0.3, 0.4) is 0 Å². The summed E-state index contributed by atoms with van der Waals surface area (Å²) in [5, 5.41) is 2.89. The molecule has 0 aromatic heterocycles. The van der Waals surface area contributed by atoms with Crippen molar-refractivity contribution < 1.29 is 9.53 Å². The van der Waals surface area contributed by atoms with Gasteiger partial charge in [-0.25, -0.2) is 0 Å². The molecule has 3 aromatic carbocycles. The second kappa shape index (κ2) is 9.38. The number of ether oxygens (including phenoxy) is 1. The van der Waals surface area contributed by atoms with Crippen LogP contribution in [0.5, 0.6) is 5.75 Å². The molecule has 0 heterocycles. The minimum Gasteiger partial charge on any atom is -0.491 e. The van der Waals surface area contributed by atoms with Crippen LogP contribution in [0, 0.1) is 3.57 Å². The van der Waals surface area contributed by atoms with E-state index in [4.69, 9.17) is 4.74 Å². The fourth-order valence-electron chi connectivity index (χ4n) is 2.64. The molecule has 0 bridgehead atoms. The van der Waals surface area contributed by atoms with Gasteiger partial charge in [0, 0.05) is 15.6 Å². The van der Waals surface area contributed by atoms with Crippen LogP contribution in [0.2, 0.25) is 0 Å². The summed E-state index contributed by atoms with van der Waals surface area (Å²) in [7, 11) is 0. The number of halogens is 1. The predicted octanol–water partition coefficient (Wildman–Crippen LogP) is 4.69. The monoisotopic (exact) mass is 457 g/mol. The summed E-state index contributed by atoms with van der Waals surface area (Å²) in [6.45, 7) is 0.895. The number of rotatable bonds is 7. The van der Waals surface area contributed by atoms with E-state index >= 15 is 0 Å². The van der Waals surface area contributed by atoms with Gasteiger partial charge in [0.15, 0.2) is 0 Å². The van der Waals surface area contributed by atoms with Gasteiger partial charge in [-0.1, -0.05) is 48.5 Å². The largest absolute Gasteiger partial charge is 0.491 e. The normalized spacial score (nSPS) is 10.3. The molecular formula is C22H20INO2. The van der Waals surface area contributed by atoms with Gasteiger partial charge in [-0.05, 0) is 64.0 Å². The minimum absolute atomic E-state index is 0.0810. The molecule has 1 amide bonds. The molecular weight excluding hydrogens is 437 g/mol. The highest BCUT2D eigenvalue weighted by atomic mass is 127. The van der Waals surface area contributed by atoms with Gasteiger partial charge in [0.05, 0.1) is 6.54 Å². The smallest absolute Gasteiger partial charge is 0.251 e. The molecule has 132 valence electrons. The van der Waals surface area contributed by atoms with Crippen molar-refractivity contribution in [1.82, 2.24) is 5.32 Å². The Bertz CT molecular complexity index is 848. The van der Waals surface area contributed by atoms with Crippen LogP contribution in [0.15, 0.2) is 78.9 Å². The van der Waals surface area contributed by atoms with Crippen molar-refractivity contribution in [2.75, 3.05) is 13.2 Å². The molecule has 0 aliphatic heterocycles. The second-order valence-corrected chi connectivity index (χ2v) is 7.13. The standard InChI is InChI=1S/C22H20INO2/c23-20-12-10-18(11-13-20)22(25)24-14-15-26-21-9-5-4-8-19(21)16-17-6-2-1-3-7-17/h1-13H,14-16H2,(H,24,25). The van der Waals surface area contributed by atoms with Gasteiger partial charge in [0.2, 0.25) is 0 Å². The molecule has 0 radical (unpaired) electrons. The molecule has 1 N–H and O–H groups in total. The Balaban J connectivity index is 1.52. The van der Waals surface area contributed by atoms with Crippen LogP contribution in [-0.2, 0) is 6.42 Å². The fraction of sp³-hybridized carbons (Fsp3) is 0.136. The third-order valence-electron chi connectivity index (χ3n) is 3.96. The molecule has 0 spiro atoms. The Morgan fingerprint density at radius 1 is 0.885 bits per heavy atom. The summed E-state index contributed by atoms with van der Waals surface area (Å²) in [5.41, 5.74) is 3.05. The van der Waals surface area contributed by atoms with Crippen molar-refractivity contribution in [2.45, 2.75) is 6.42 Å². The molecule has 3 nitrogen and oxygen atoms in total. The van der Waals surface area contributed by atoms with E-state index in [1.54, 1.807) is 0 Å². The van der Waals surface area contributed by atoms with E-state index in [0.717, 1.165) is 21.3 Å². The summed E-state index contributed by atoms with van der Waals surface area (Å²) in [4.78, 5) is 12.1. The maximum atomic E-state index is 12.1. The zero-order valence-electron chi connectivity index (χ0n) is 14.3. The van der Waals surface area contributed by atoms with Crippen LogP contribution in [0.1, 0.15) is 21.5 Å². The zero-order chi connectivity index (χ0) is 18.2. The minimum atomic E-state index is -0.0810. The van der Waals surface area contributed by atoms with Gasteiger partial charge in [0.1, 0.15) is 12.4 Å². The molecule has 0 fully saturated rings. The van der Waals surface area contributed by atoms with Gasteiger partial charge in [-0.3, -0.25) is 4.79 Å². The number of hydrogen-bond donors (Lipinski definition) is 1. The van der Waals surface area contributed by atoms with E-state index in [-0.39, 0.29) is 5.91 Å². The lowest BCUT2D eigenvalue weighted by Crippen LogP contribution is -2.28. The summed E-state index contributed by atoms with van der Waals surface area (Å²) >= 11 is 2.22. The third kappa shape index (κ3) is 5.33. The Hall–Kier alpha value is -2.34. The quantitative estimate of drug-likeness (QED) is 0.413. The van der Waals surface area contributed by atoms with Crippen molar-refractivity contribution in [1.29, 1.82) is 0 Å². The lowest BCUT2D eigenvalue weighted by molar-refractivity contribution is 0.0947. The van der Waals surface area contributed by atoms with E-state index in [1.165, 1.54) is 5.56 Å². The maximum Gasteiger partial charge on any atom is 0.251 e. The first kappa shape index (κ1) is 18.5. The summed E-state index contributed by atoms with van der Waals surface area (Å²) in [6.07, 6.45) is 0.825. The van der Waals surface area contributed by atoms with Crippen LogP contribution >= 0.6 is 22.6 Å². The first-order valence-corrected chi connectivity index (χ1v) is 9.58. The van der Waals surface area contributed by atoms with Crippen molar-refractivity contribution >= 4 is 28.5 Å². The lowest BCUT2D eigenvalue weighted by atomic mass is 10.0. The summed E-state index contributed by atoms with van der Waals surface area (Å²) < 4.78 is 7.01. The first-order valence-electron chi connectivity index (χ1n) is 8.51. The predicted molar refractivity (Wildman–Crippen MR) is 113 cm³/mol. The Kier molecular flexibility index (Phi) is 6.66. The summed E-state index contributed by atoms with van der Waals surface area (Å²) in [5.74, 6) is 0.780. The van der Waals surface area contributed by atoms with E-state index in [9.17, 15) is 4.79 Å². The number of nitrogens with one attached hydrogen (secondary N) is 1. The molecule has 0 saturated heterocycles. The number of carbonyl (C=O) groups is 1. The third-order valence-corrected chi connectivity index (χ3v) is 4.68. The Labute approximate surface area is 167 Å². The highest BCUT2D eigenvalue weighted by Gasteiger charge is 2.06. The SMILES string of the molecule is O=C(NCCOc1ccccc1Cc1ccccc1)c1ccc(I)cc1. The second-order valence-electron chi connectivity index (χ2n) is 5.88. The maximum absolute atomic E-state index is 12.1. The van der Waals surface area contributed by atoms with E-state index in [0.29, 0.717) is 18.7 Å². The first-order chi connectivity index (χ1) is 12.7. The number of para-hydroxylation sites is 1. The van der Waals surface area contributed by atoms with E-state index < -0.39 is 0 Å². The van der Waals surface area contributed by atoms with Crippen molar-refractivity contribution in [2.24, 2.45) is 0 Å². The number of hydrogen-bond acceptors (Lipinski definition) is 2. The molecule has 0 atom stereocenters. The van der Waals surface area contributed by atoms with Gasteiger partial charge in [-0.2, -0.15) is 0 Å². The van der Waals surface area contributed by atoms with Gasteiger partial charge in [0.25, 0.3) is 5.91 Å². The van der Waals surface area contributed by atoms with Gasteiger partial charge >= 0.3 is 0 Å². The Morgan fingerprint density at radius 3 is 2.35 bits per heavy atom. The van der Waals surface area contributed by atoms with Crippen LogP contribution in [0.25, 0.3) is 0 Å². The zero-order valence-corrected chi connectivity index (χ0v) is 16.5.